The number of aromatic nitrogens is 1. The van der Waals surface area contributed by atoms with Gasteiger partial charge in [-0.2, -0.15) is 0 Å². The van der Waals surface area contributed by atoms with Crippen LogP contribution in [0.4, 0.5) is 5.13 Å². The van der Waals surface area contributed by atoms with Crippen LogP contribution in [0, 0.1) is 0 Å². The van der Waals surface area contributed by atoms with Crippen LogP contribution in [0.1, 0.15) is 20.7 Å². The van der Waals surface area contributed by atoms with Crippen LogP contribution in [-0.4, -0.2) is 16.8 Å². The van der Waals surface area contributed by atoms with Gasteiger partial charge in [-0.1, -0.05) is 101 Å². The van der Waals surface area contributed by atoms with Crippen molar-refractivity contribution in [2.24, 2.45) is 0 Å². The van der Waals surface area contributed by atoms with Crippen molar-refractivity contribution < 1.29 is 9.59 Å². The molecular weight excluding hydrogens is 510 g/mol. The van der Waals surface area contributed by atoms with Crippen LogP contribution in [-0.2, 0) is 0 Å². The van der Waals surface area contributed by atoms with E-state index in [4.69, 9.17) is 46.4 Å². The second-order valence-corrected chi connectivity index (χ2v) is 9.26. The Morgan fingerprint density at radius 3 is 1.72 bits per heavy atom. The first-order valence-electron chi connectivity index (χ1n) is 9.24. The third-order valence-electron chi connectivity index (χ3n) is 5.07. The number of rotatable bonds is 3. The van der Waals surface area contributed by atoms with E-state index < -0.39 is 11.8 Å². The Bertz CT molecular complexity index is 1360. The minimum absolute atomic E-state index is 0.0694. The van der Waals surface area contributed by atoms with Crippen LogP contribution in [0.2, 0.25) is 20.1 Å². The summed E-state index contributed by atoms with van der Waals surface area (Å²) in [5.41, 5.74) is 3.53. The Hall–Kier alpha value is -2.41. The van der Waals surface area contributed by atoms with E-state index in [-0.39, 0.29) is 36.3 Å². The Labute approximate surface area is 206 Å². The normalized spacial score (nSPS) is 13.1. The summed E-state index contributed by atoms with van der Waals surface area (Å²) in [7, 11) is 0. The first-order valence-corrected chi connectivity index (χ1v) is 11.6. The smallest absolute Gasteiger partial charge is 0.268 e. The van der Waals surface area contributed by atoms with Crippen molar-refractivity contribution in [3.63, 3.8) is 0 Å². The quantitative estimate of drug-likeness (QED) is 0.157. The number of fused-ring (bicyclic) bond motifs is 1. The van der Waals surface area contributed by atoms with Gasteiger partial charge in [0.2, 0.25) is 0 Å². The number of thiazole rings is 1. The van der Waals surface area contributed by atoms with Crippen LogP contribution >= 0.6 is 57.7 Å². The first kappa shape index (κ1) is 21.4. The van der Waals surface area contributed by atoms with Gasteiger partial charge < -0.3 is 0 Å². The average Bonchev–Trinajstić information content (AvgIpc) is 3.39. The third kappa shape index (κ3) is 3.33. The van der Waals surface area contributed by atoms with Gasteiger partial charge in [-0.05, 0) is 11.1 Å². The summed E-state index contributed by atoms with van der Waals surface area (Å²) in [6.07, 6.45) is 0. The van der Waals surface area contributed by atoms with E-state index in [2.05, 4.69) is 4.98 Å². The maximum Gasteiger partial charge on any atom is 0.269 e. The Morgan fingerprint density at radius 1 is 0.656 bits per heavy atom. The fourth-order valence-corrected chi connectivity index (χ4v) is 5.33. The molecule has 0 saturated carbocycles. The first-order chi connectivity index (χ1) is 15.4. The minimum Gasteiger partial charge on any atom is -0.268 e. The highest BCUT2D eigenvalue weighted by Crippen LogP contribution is 2.46. The molecular formula is C23H10Cl4N2O2S. The van der Waals surface area contributed by atoms with E-state index >= 15 is 0 Å². The molecule has 4 nitrogen and oxygen atoms in total. The van der Waals surface area contributed by atoms with Gasteiger partial charge in [-0.3, -0.25) is 9.59 Å². The number of amides is 2. The molecule has 4 aromatic rings. The molecule has 0 atom stereocenters. The summed E-state index contributed by atoms with van der Waals surface area (Å²) in [5.74, 6) is -1.29. The maximum atomic E-state index is 13.0. The van der Waals surface area contributed by atoms with E-state index in [0.717, 1.165) is 32.9 Å². The molecule has 0 spiro atoms. The van der Waals surface area contributed by atoms with Crippen LogP contribution < -0.4 is 4.90 Å². The lowest BCUT2D eigenvalue weighted by atomic mass is 10.0. The van der Waals surface area contributed by atoms with Gasteiger partial charge in [0, 0.05) is 10.9 Å². The number of imide groups is 1. The van der Waals surface area contributed by atoms with Crippen LogP contribution in [0.15, 0.2) is 60.0 Å². The largest absolute Gasteiger partial charge is 0.269 e. The van der Waals surface area contributed by atoms with Crippen molar-refractivity contribution in [1.29, 1.82) is 0 Å². The zero-order valence-corrected chi connectivity index (χ0v) is 19.7. The number of benzene rings is 3. The average molecular weight is 520 g/mol. The molecule has 0 unspecified atom stereocenters. The van der Waals surface area contributed by atoms with Gasteiger partial charge in [-0.25, -0.2) is 9.88 Å². The monoisotopic (exact) mass is 518 g/mol. The molecule has 32 heavy (non-hydrogen) atoms. The van der Waals surface area contributed by atoms with Gasteiger partial charge in [0.25, 0.3) is 11.8 Å². The second-order valence-electron chi connectivity index (χ2n) is 6.91. The summed E-state index contributed by atoms with van der Waals surface area (Å²) < 4.78 is 0. The zero-order valence-electron chi connectivity index (χ0n) is 15.9. The molecule has 1 aliphatic heterocycles. The molecule has 0 radical (unpaired) electrons. The van der Waals surface area contributed by atoms with E-state index in [0.29, 0.717) is 5.69 Å². The van der Waals surface area contributed by atoms with E-state index in [1.807, 2.05) is 54.6 Å². The highest BCUT2D eigenvalue weighted by atomic mass is 35.5. The molecule has 2 amide bonds. The summed E-state index contributed by atoms with van der Waals surface area (Å²) in [5, 5.41) is 1.63. The van der Waals surface area contributed by atoms with Crippen molar-refractivity contribution in [3.8, 4) is 22.4 Å². The van der Waals surface area contributed by atoms with Crippen molar-refractivity contribution in [2.75, 3.05) is 4.90 Å². The SMILES string of the molecule is O=C1c2c(Cl)c(Cl)c(Cl)c(Cl)c2C(=O)N1c1nc(-c2ccc(-c3ccccc3)cc2)cs1. The van der Waals surface area contributed by atoms with Crippen molar-refractivity contribution in [1.82, 2.24) is 4.98 Å². The molecule has 158 valence electrons. The van der Waals surface area contributed by atoms with Gasteiger partial charge in [0.15, 0.2) is 5.13 Å². The third-order valence-corrected chi connectivity index (χ3v) is 7.70. The van der Waals surface area contributed by atoms with Crippen molar-refractivity contribution in [3.05, 3.63) is 91.2 Å². The number of carbonyl (C=O) groups is 2. The molecule has 0 saturated heterocycles. The fraction of sp³-hybridized carbons (Fsp3) is 0. The lowest BCUT2D eigenvalue weighted by Crippen LogP contribution is -2.29. The standard InChI is InChI=1S/C23H10Cl4N2O2S/c24-17-15-16(18(25)20(27)19(17)26)22(31)29(21(15)30)23-28-14(10-32-23)13-8-6-12(7-9-13)11-4-2-1-3-5-11/h1-10H. The fourth-order valence-electron chi connectivity index (χ4n) is 3.49. The van der Waals surface area contributed by atoms with Gasteiger partial charge in [0.1, 0.15) is 0 Å². The summed E-state index contributed by atoms with van der Waals surface area (Å²) in [6.45, 7) is 0. The summed E-state index contributed by atoms with van der Waals surface area (Å²) >= 11 is 25.7. The summed E-state index contributed by atoms with van der Waals surface area (Å²) in [4.78, 5) is 31.5. The number of hydrogen-bond donors (Lipinski definition) is 0. The minimum atomic E-state index is -0.643. The molecule has 1 aromatic heterocycles. The zero-order chi connectivity index (χ0) is 22.6. The maximum absolute atomic E-state index is 13.0. The van der Waals surface area contributed by atoms with E-state index in [9.17, 15) is 9.59 Å². The Balaban J connectivity index is 1.49. The Kier molecular flexibility index (Phi) is 5.48. The van der Waals surface area contributed by atoms with Crippen molar-refractivity contribution >= 4 is 74.7 Å². The topological polar surface area (TPSA) is 50.3 Å². The van der Waals surface area contributed by atoms with Crippen LogP contribution in [0.5, 0.6) is 0 Å². The predicted octanol–water partition coefficient (Wildman–Crippen LogP) is 7.89. The van der Waals surface area contributed by atoms with Gasteiger partial charge in [0.05, 0.1) is 36.9 Å². The highest BCUT2D eigenvalue weighted by molar-refractivity contribution is 7.14. The molecule has 0 N–H and O–H groups in total. The molecule has 5 rings (SSSR count). The molecule has 2 heterocycles. The number of halogens is 4. The number of anilines is 1. The summed E-state index contributed by atoms with van der Waals surface area (Å²) in [6, 6.07) is 17.9. The van der Waals surface area contributed by atoms with Gasteiger partial charge >= 0.3 is 0 Å². The molecule has 0 aliphatic carbocycles. The van der Waals surface area contributed by atoms with Crippen LogP contribution in [0.25, 0.3) is 22.4 Å². The lowest BCUT2D eigenvalue weighted by molar-refractivity contribution is 0.0926. The van der Waals surface area contributed by atoms with Gasteiger partial charge in [-0.15, -0.1) is 11.3 Å². The number of hydrogen-bond acceptors (Lipinski definition) is 4. The Morgan fingerprint density at radius 2 is 1.16 bits per heavy atom. The molecule has 0 fully saturated rings. The van der Waals surface area contributed by atoms with Crippen molar-refractivity contribution in [2.45, 2.75) is 0 Å². The molecule has 1 aliphatic rings. The number of carbonyl (C=O) groups excluding carboxylic acids is 2. The van der Waals surface area contributed by atoms with E-state index in [1.165, 1.54) is 0 Å². The highest BCUT2D eigenvalue weighted by Gasteiger charge is 2.43. The molecule has 0 bridgehead atoms. The number of nitrogens with zero attached hydrogens (tertiary/aromatic N) is 2. The lowest BCUT2D eigenvalue weighted by Gasteiger charge is -2.09. The van der Waals surface area contributed by atoms with Crippen LogP contribution in [0.3, 0.4) is 0 Å². The second kappa shape index (κ2) is 8.18. The molecule has 9 heteroatoms. The van der Waals surface area contributed by atoms with E-state index in [1.54, 1.807) is 5.38 Å². The molecule has 3 aromatic carbocycles. The predicted molar refractivity (Wildman–Crippen MR) is 131 cm³/mol.